The van der Waals surface area contributed by atoms with Gasteiger partial charge in [-0.1, -0.05) is 0 Å². The van der Waals surface area contributed by atoms with Crippen LogP contribution in [0.3, 0.4) is 0 Å². The zero-order chi connectivity index (χ0) is 10.1. The van der Waals surface area contributed by atoms with Gasteiger partial charge in [0.15, 0.2) is 10.6 Å². The lowest BCUT2D eigenvalue weighted by molar-refractivity contribution is 0.900. The summed E-state index contributed by atoms with van der Waals surface area (Å²) in [6.45, 7) is 2.00. The quantitative estimate of drug-likeness (QED) is 0.724. The fourth-order valence-electron chi connectivity index (χ4n) is 1.28. The van der Waals surface area contributed by atoms with Crippen LogP contribution in [0.5, 0.6) is 0 Å². The molecule has 0 saturated carbocycles. The molecule has 0 aromatic carbocycles. The Morgan fingerprint density at radius 3 is 2.79 bits per heavy atom. The average Bonchev–Trinajstić information content (AvgIpc) is 2.48. The van der Waals surface area contributed by atoms with Crippen LogP contribution in [0, 0.1) is 11.7 Å². The molecule has 0 saturated heterocycles. The van der Waals surface area contributed by atoms with Gasteiger partial charge in [-0.05, 0) is 30.8 Å². The molecule has 0 amide bonds. The summed E-state index contributed by atoms with van der Waals surface area (Å²) >= 11 is 5.03. The van der Waals surface area contributed by atoms with Gasteiger partial charge in [0.25, 0.3) is 0 Å². The van der Waals surface area contributed by atoms with Crippen molar-refractivity contribution < 1.29 is 0 Å². The lowest BCUT2D eigenvalue weighted by Gasteiger charge is -2.00. The standard InChI is InChI=1S/C9H10N4S/c1-6-3-7(5-10-4-6)8-11-12-9(14)13(8)2/h3-5H,1-2H3,(H,12,14). The summed E-state index contributed by atoms with van der Waals surface area (Å²) < 4.78 is 2.44. The third-order valence-electron chi connectivity index (χ3n) is 2.01. The Kier molecular flexibility index (Phi) is 2.17. The van der Waals surface area contributed by atoms with E-state index in [9.17, 15) is 0 Å². The van der Waals surface area contributed by atoms with Crippen molar-refractivity contribution in [3.8, 4) is 11.4 Å². The third-order valence-corrected chi connectivity index (χ3v) is 2.38. The molecule has 2 aromatic heterocycles. The molecular weight excluding hydrogens is 196 g/mol. The van der Waals surface area contributed by atoms with Crippen molar-refractivity contribution in [3.63, 3.8) is 0 Å². The Labute approximate surface area is 86.6 Å². The van der Waals surface area contributed by atoms with Crippen LogP contribution in [-0.2, 0) is 7.05 Å². The van der Waals surface area contributed by atoms with E-state index in [2.05, 4.69) is 15.2 Å². The number of hydrogen-bond acceptors (Lipinski definition) is 3. The average molecular weight is 206 g/mol. The number of nitrogens with one attached hydrogen (secondary N) is 1. The van der Waals surface area contributed by atoms with E-state index >= 15 is 0 Å². The molecule has 0 bridgehead atoms. The van der Waals surface area contributed by atoms with Gasteiger partial charge < -0.3 is 4.57 Å². The maximum absolute atomic E-state index is 5.03. The zero-order valence-corrected chi connectivity index (χ0v) is 8.80. The van der Waals surface area contributed by atoms with E-state index in [-0.39, 0.29) is 0 Å². The van der Waals surface area contributed by atoms with Crippen molar-refractivity contribution in [2.45, 2.75) is 6.92 Å². The second-order valence-corrected chi connectivity index (χ2v) is 3.55. The first-order valence-corrected chi connectivity index (χ1v) is 4.63. The maximum Gasteiger partial charge on any atom is 0.195 e. The molecule has 1 N–H and O–H groups in total. The van der Waals surface area contributed by atoms with Crippen molar-refractivity contribution in [3.05, 3.63) is 28.8 Å². The van der Waals surface area contributed by atoms with Crippen molar-refractivity contribution in [1.82, 2.24) is 19.7 Å². The van der Waals surface area contributed by atoms with Gasteiger partial charge in [0.05, 0.1) is 0 Å². The number of aryl methyl sites for hydroxylation is 1. The number of pyridine rings is 1. The molecule has 2 aromatic rings. The predicted molar refractivity (Wildman–Crippen MR) is 56.4 cm³/mol. The van der Waals surface area contributed by atoms with Gasteiger partial charge in [0, 0.05) is 25.0 Å². The highest BCUT2D eigenvalue weighted by molar-refractivity contribution is 7.71. The van der Waals surface area contributed by atoms with Gasteiger partial charge in [-0.2, -0.15) is 5.10 Å². The largest absolute Gasteiger partial charge is 0.303 e. The Balaban J connectivity index is 2.60. The van der Waals surface area contributed by atoms with E-state index in [1.807, 2.05) is 30.8 Å². The highest BCUT2D eigenvalue weighted by Crippen LogP contribution is 2.15. The van der Waals surface area contributed by atoms with Crippen LogP contribution < -0.4 is 0 Å². The van der Waals surface area contributed by atoms with Crippen molar-refractivity contribution in [2.75, 3.05) is 0 Å². The molecule has 4 nitrogen and oxygen atoms in total. The van der Waals surface area contributed by atoms with Crippen LogP contribution in [0.2, 0.25) is 0 Å². The van der Waals surface area contributed by atoms with Gasteiger partial charge in [-0.3, -0.25) is 10.1 Å². The Morgan fingerprint density at radius 2 is 2.21 bits per heavy atom. The third kappa shape index (κ3) is 1.46. The predicted octanol–water partition coefficient (Wildman–Crippen LogP) is 1.85. The molecule has 72 valence electrons. The molecule has 0 radical (unpaired) electrons. The lowest BCUT2D eigenvalue weighted by atomic mass is 10.2. The van der Waals surface area contributed by atoms with E-state index in [0.717, 1.165) is 17.0 Å². The van der Waals surface area contributed by atoms with Crippen molar-refractivity contribution in [1.29, 1.82) is 0 Å². The van der Waals surface area contributed by atoms with E-state index in [4.69, 9.17) is 12.2 Å². The first-order valence-electron chi connectivity index (χ1n) is 4.22. The van der Waals surface area contributed by atoms with E-state index in [1.54, 1.807) is 6.20 Å². The van der Waals surface area contributed by atoms with E-state index < -0.39 is 0 Å². The first-order chi connectivity index (χ1) is 6.68. The highest BCUT2D eigenvalue weighted by atomic mass is 32.1. The monoisotopic (exact) mass is 206 g/mol. The molecule has 0 atom stereocenters. The normalized spacial score (nSPS) is 10.4. The molecule has 0 aliphatic heterocycles. The summed E-state index contributed by atoms with van der Waals surface area (Å²) in [6.07, 6.45) is 3.59. The smallest absolute Gasteiger partial charge is 0.195 e. The Hall–Kier alpha value is -1.49. The molecule has 2 heterocycles. The zero-order valence-electron chi connectivity index (χ0n) is 7.98. The lowest BCUT2D eigenvalue weighted by Crippen LogP contribution is -1.93. The van der Waals surface area contributed by atoms with Gasteiger partial charge in [0.1, 0.15) is 0 Å². The van der Waals surface area contributed by atoms with Crippen LogP contribution in [0.25, 0.3) is 11.4 Å². The minimum absolute atomic E-state index is 0.613. The number of rotatable bonds is 1. The fourth-order valence-corrected chi connectivity index (χ4v) is 1.41. The minimum Gasteiger partial charge on any atom is -0.303 e. The first kappa shape index (κ1) is 9.08. The summed E-state index contributed by atoms with van der Waals surface area (Å²) in [6, 6.07) is 2.03. The number of H-pyrrole nitrogens is 1. The number of nitrogens with zero attached hydrogens (tertiary/aromatic N) is 3. The molecule has 0 spiro atoms. The van der Waals surface area contributed by atoms with E-state index in [0.29, 0.717) is 4.77 Å². The summed E-state index contributed by atoms with van der Waals surface area (Å²) in [5, 5.41) is 6.88. The molecule has 0 aliphatic carbocycles. The van der Waals surface area contributed by atoms with Gasteiger partial charge in [-0.25, -0.2) is 0 Å². The number of aromatic nitrogens is 4. The molecule has 14 heavy (non-hydrogen) atoms. The minimum atomic E-state index is 0.613. The van der Waals surface area contributed by atoms with Gasteiger partial charge in [-0.15, -0.1) is 0 Å². The van der Waals surface area contributed by atoms with Crippen LogP contribution >= 0.6 is 12.2 Å². The molecule has 2 rings (SSSR count). The van der Waals surface area contributed by atoms with Crippen LogP contribution in [0.15, 0.2) is 18.5 Å². The molecule has 0 aliphatic rings. The van der Waals surface area contributed by atoms with Crippen LogP contribution in [0.4, 0.5) is 0 Å². The second-order valence-electron chi connectivity index (χ2n) is 3.16. The van der Waals surface area contributed by atoms with Crippen LogP contribution in [0.1, 0.15) is 5.56 Å². The highest BCUT2D eigenvalue weighted by Gasteiger charge is 2.05. The Morgan fingerprint density at radius 1 is 1.43 bits per heavy atom. The van der Waals surface area contributed by atoms with Crippen molar-refractivity contribution in [2.24, 2.45) is 7.05 Å². The van der Waals surface area contributed by atoms with Gasteiger partial charge >= 0.3 is 0 Å². The fraction of sp³-hybridized carbons (Fsp3) is 0.222. The van der Waals surface area contributed by atoms with Crippen LogP contribution in [-0.4, -0.2) is 19.7 Å². The summed E-state index contributed by atoms with van der Waals surface area (Å²) in [5.74, 6) is 0.811. The molecule has 0 unspecified atom stereocenters. The van der Waals surface area contributed by atoms with Gasteiger partial charge in [0.2, 0.25) is 0 Å². The maximum atomic E-state index is 5.03. The number of hydrogen-bond donors (Lipinski definition) is 1. The number of aromatic amines is 1. The topological polar surface area (TPSA) is 46.5 Å². The SMILES string of the molecule is Cc1cncc(-c2n[nH]c(=S)n2C)c1. The second kappa shape index (κ2) is 3.34. The summed E-state index contributed by atoms with van der Waals surface area (Å²) in [4.78, 5) is 4.11. The van der Waals surface area contributed by atoms with E-state index in [1.165, 1.54) is 0 Å². The summed E-state index contributed by atoms with van der Waals surface area (Å²) in [7, 11) is 1.88. The molecule has 0 fully saturated rings. The Bertz CT molecular complexity index is 512. The van der Waals surface area contributed by atoms with Crippen molar-refractivity contribution >= 4 is 12.2 Å². The molecular formula is C9H10N4S. The molecule has 5 heteroatoms. The summed E-state index contributed by atoms with van der Waals surface area (Å²) in [5.41, 5.74) is 2.08.